The van der Waals surface area contributed by atoms with Crippen LogP contribution >= 0.6 is 11.6 Å². The minimum absolute atomic E-state index is 0.0282. The topological polar surface area (TPSA) is 40.6 Å². The highest BCUT2D eigenvalue weighted by atomic mass is 35.5. The molecule has 0 spiro atoms. The van der Waals surface area contributed by atoms with Crippen molar-refractivity contribution in [1.29, 1.82) is 0 Å². The van der Waals surface area contributed by atoms with Crippen molar-refractivity contribution in [2.45, 2.75) is 38.6 Å². The molecule has 0 N–H and O–H groups in total. The Balaban J connectivity index is 1.93. The first-order valence-corrected chi connectivity index (χ1v) is 7.83. The zero-order valence-corrected chi connectivity index (χ0v) is 12.9. The Kier molecular flexibility index (Phi) is 3.89. The number of hydrogen-bond acceptors (Lipinski definition) is 2. The lowest BCUT2D eigenvalue weighted by Crippen LogP contribution is -2.49. The summed E-state index contributed by atoms with van der Waals surface area (Å²) < 4.78 is 0. The number of aryl methyl sites for hydroxylation is 1. The van der Waals surface area contributed by atoms with Gasteiger partial charge in [0.15, 0.2) is 0 Å². The Labute approximate surface area is 129 Å². The smallest absolute Gasteiger partial charge is 0.249 e. The van der Waals surface area contributed by atoms with Crippen LogP contribution in [0.4, 0.5) is 5.69 Å². The fourth-order valence-corrected chi connectivity index (χ4v) is 3.31. The zero-order chi connectivity index (χ0) is 15.0. The molecule has 3 rings (SSSR count). The van der Waals surface area contributed by atoms with Gasteiger partial charge in [0.25, 0.3) is 0 Å². The van der Waals surface area contributed by atoms with E-state index in [1.165, 1.54) is 0 Å². The monoisotopic (exact) mass is 306 g/mol. The number of rotatable bonds is 1. The number of fused-ring (bicyclic) bond motifs is 1. The number of benzene rings is 1. The molecule has 112 valence electrons. The van der Waals surface area contributed by atoms with Crippen LogP contribution in [0.3, 0.4) is 0 Å². The Morgan fingerprint density at radius 3 is 2.76 bits per heavy atom. The minimum atomic E-state index is -0.297. The lowest BCUT2D eigenvalue weighted by molar-refractivity contribution is -0.138. The van der Waals surface area contributed by atoms with Crippen molar-refractivity contribution in [2.75, 3.05) is 18.0 Å². The molecule has 2 aliphatic rings. The van der Waals surface area contributed by atoms with Crippen molar-refractivity contribution >= 4 is 29.1 Å². The van der Waals surface area contributed by atoms with Gasteiger partial charge in [0.05, 0.1) is 0 Å². The predicted octanol–water partition coefficient (Wildman–Crippen LogP) is 2.77. The molecule has 0 radical (unpaired) electrons. The van der Waals surface area contributed by atoms with Crippen LogP contribution in [0.25, 0.3) is 0 Å². The third-order valence-electron chi connectivity index (χ3n) is 4.39. The van der Waals surface area contributed by atoms with Gasteiger partial charge >= 0.3 is 0 Å². The van der Waals surface area contributed by atoms with Crippen molar-refractivity contribution in [1.82, 2.24) is 4.90 Å². The van der Waals surface area contributed by atoms with Crippen molar-refractivity contribution in [3.63, 3.8) is 0 Å². The second-order valence-corrected chi connectivity index (χ2v) is 6.18. The van der Waals surface area contributed by atoms with Crippen LogP contribution in [0.2, 0.25) is 5.02 Å². The van der Waals surface area contributed by atoms with E-state index in [2.05, 4.69) is 0 Å². The molecule has 0 aliphatic carbocycles. The van der Waals surface area contributed by atoms with Gasteiger partial charge < -0.3 is 9.80 Å². The van der Waals surface area contributed by atoms with Crippen LogP contribution in [-0.4, -0.2) is 35.8 Å². The van der Waals surface area contributed by atoms with Crippen LogP contribution in [0.1, 0.15) is 31.2 Å². The molecular weight excluding hydrogens is 288 g/mol. The maximum absolute atomic E-state index is 12.8. The summed E-state index contributed by atoms with van der Waals surface area (Å²) in [5.41, 5.74) is 1.77. The number of anilines is 1. The van der Waals surface area contributed by atoms with Crippen LogP contribution in [-0.2, 0) is 9.59 Å². The van der Waals surface area contributed by atoms with Gasteiger partial charge in [-0.25, -0.2) is 0 Å². The van der Waals surface area contributed by atoms with Gasteiger partial charge in [0.1, 0.15) is 6.04 Å². The van der Waals surface area contributed by atoms with Crippen LogP contribution < -0.4 is 4.90 Å². The third kappa shape index (κ3) is 2.64. The first kappa shape index (κ1) is 14.4. The lowest BCUT2D eigenvalue weighted by atomic mass is 10.0. The van der Waals surface area contributed by atoms with Crippen molar-refractivity contribution in [3.05, 3.63) is 28.8 Å². The Morgan fingerprint density at radius 2 is 2.00 bits per heavy atom. The van der Waals surface area contributed by atoms with Gasteiger partial charge in [0, 0.05) is 30.2 Å². The zero-order valence-electron chi connectivity index (χ0n) is 12.1. The highest BCUT2D eigenvalue weighted by Gasteiger charge is 2.38. The summed E-state index contributed by atoms with van der Waals surface area (Å²) >= 11 is 6.17. The molecule has 2 amide bonds. The molecule has 21 heavy (non-hydrogen) atoms. The molecule has 2 heterocycles. The van der Waals surface area contributed by atoms with E-state index < -0.39 is 0 Å². The van der Waals surface area contributed by atoms with Crippen molar-refractivity contribution in [2.24, 2.45) is 0 Å². The van der Waals surface area contributed by atoms with Gasteiger partial charge in [-0.05, 0) is 43.9 Å². The predicted molar refractivity (Wildman–Crippen MR) is 82.5 cm³/mol. The number of carbonyl (C=O) groups excluding carboxylic acids is 2. The summed E-state index contributed by atoms with van der Waals surface area (Å²) in [5.74, 6) is 0.120. The summed E-state index contributed by atoms with van der Waals surface area (Å²) in [7, 11) is 0. The second-order valence-electron chi connectivity index (χ2n) is 5.77. The molecule has 0 aromatic heterocycles. The maximum Gasteiger partial charge on any atom is 0.249 e. The fourth-order valence-electron chi connectivity index (χ4n) is 3.13. The SMILES string of the molecule is Cc1ccc(N2CCC(=O)N3CCCCC3C2=O)cc1Cl. The van der Waals surface area contributed by atoms with E-state index in [0.29, 0.717) is 24.5 Å². The summed E-state index contributed by atoms with van der Waals surface area (Å²) in [6.07, 6.45) is 3.14. The van der Waals surface area contributed by atoms with Gasteiger partial charge in [0.2, 0.25) is 11.8 Å². The van der Waals surface area contributed by atoms with Crippen LogP contribution in [0.15, 0.2) is 18.2 Å². The molecule has 0 bridgehead atoms. The molecule has 2 aliphatic heterocycles. The molecular formula is C16H19ClN2O2. The number of amides is 2. The van der Waals surface area contributed by atoms with E-state index in [9.17, 15) is 9.59 Å². The number of hydrogen-bond donors (Lipinski definition) is 0. The second kappa shape index (κ2) is 5.68. The molecule has 1 aromatic carbocycles. The molecule has 5 heteroatoms. The quantitative estimate of drug-likeness (QED) is 0.800. The summed E-state index contributed by atoms with van der Waals surface area (Å²) in [6.45, 7) is 3.07. The summed E-state index contributed by atoms with van der Waals surface area (Å²) in [6, 6.07) is 5.34. The third-order valence-corrected chi connectivity index (χ3v) is 4.80. The van der Waals surface area contributed by atoms with E-state index in [4.69, 9.17) is 11.6 Å². The minimum Gasteiger partial charge on any atom is -0.331 e. The lowest BCUT2D eigenvalue weighted by Gasteiger charge is -2.34. The van der Waals surface area contributed by atoms with Gasteiger partial charge in [-0.15, -0.1) is 0 Å². The molecule has 2 saturated heterocycles. The average Bonchev–Trinajstić information content (AvgIpc) is 2.61. The van der Waals surface area contributed by atoms with Gasteiger partial charge in [-0.1, -0.05) is 17.7 Å². The highest BCUT2D eigenvalue weighted by molar-refractivity contribution is 6.31. The molecule has 2 fully saturated rings. The van der Waals surface area contributed by atoms with E-state index in [-0.39, 0.29) is 17.9 Å². The van der Waals surface area contributed by atoms with Crippen LogP contribution in [0.5, 0.6) is 0 Å². The van der Waals surface area contributed by atoms with Crippen molar-refractivity contribution < 1.29 is 9.59 Å². The molecule has 1 aromatic rings. The van der Waals surface area contributed by atoms with E-state index in [1.807, 2.05) is 25.1 Å². The normalized spacial score (nSPS) is 23.0. The Bertz CT molecular complexity index is 588. The van der Waals surface area contributed by atoms with Crippen molar-refractivity contribution in [3.8, 4) is 0 Å². The number of nitrogens with zero attached hydrogens (tertiary/aromatic N) is 2. The fraction of sp³-hybridized carbons (Fsp3) is 0.500. The van der Waals surface area contributed by atoms with Gasteiger partial charge in [-0.2, -0.15) is 0 Å². The number of halogens is 1. The van der Waals surface area contributed by atoms with Gasteiger partial charge in [-0.3, -0.25) is 9.59 Å². The maximum atomic E-state index is 12.8. The molecule has 1 unspecified atom stereocenters. The number of carbonyl (C=O) groups is 2. The molecule has 0 saturated carbocycles. The first-order chi connectivity index (χ1) is 10.1. The summed E-state index contributed by atoms with van der Waals surface area (Å²) in [4.78, 5) is 28.5. The Hall–Kier alpha value is -1.55. The summed E-state index contributed by atoms with van der Waals surface area (Å²) in [5, 5.41) is 0.649. The standard InChI is InChI=1S/C16H19ClN2O2/c1-11-5-6-12(10-13(11)17)18-9-7-15(20)19-8-3-2-4-14(19)16(18)21/h5-6,10,14H,2-4,7-9H2,1H3. The Morgan fingerprint density at radius 1 is 1.19 bits per heavy atom. The number of piperidine rings is 1. The molecule has 4 nitrogen and oxygen atoms in total. The van der Waals surface area contributed by atoms with E-state index in [0.717, 1.165) is 30.5 Å². The van der Waals surface area contributed by atoms with E-state index in [1.54, 1.807) is 9.80 Å². The first-order valence-electron chi connectivity index (χ1n) is 7.45. The largest absolute Gasteiger partial charge is 0.331 e. The molecule has 1 atom stereocenters. The van der Waals surface area contributed by atoms with E-state index >= 15 is 0 Å². The average molecular weight is 307 g/mol. The highest BCUT2D eigenvalue weighted by Crippen LogP contribution is 2.28. The van der Waals surface area contributed by atoms with Crippen LogP contribution in [0, 0.1) is 6.92 Å².